The fourth-order valence-corrected chi connectivity index (χ4v) is 1.58. The molecule has 0 fully saturated rings. The summed E-state index contributed by atoms with van der Waals surface area (Å²) in [6.07, 6.45) is 0. The lowest BCUT2D eigenvalue weighted by Gasteiger charge is -2.10. The van der Waals surface area contributed by atoms with Gasteiger partial charge in [0, 0.05) is 24.2 Å². The largest absolute Gasteiger partial charge is 0.339 e. The van der Waals surface area contributed by atoms with Gasteiger partial charge in [-0.1, -0.05) is 17.3 Å². The van der Waals surface area contributed by atoms with Crippen molar-refractivity contribution in [2.45, 2.75) is 26.8 Å². The molecule has 6 heteroatoms. The van der Waals surface area contributed by atoms with Crippen LogP contribution in [0.25, 0.3) is 11.4 Å². The van der Waals surface area contributed by atoms with Gasteiger partial charge in [-0.15, -0.1) is 0 Å². The molecule has 2 N–H and O–H groups in total. The van der Waals surface area contributed by atoms with E-state index < -0.39 is 0 Å². The van der Waals surface area contributed by atoms with Crippen LogP contribution in [0.4, 0.5) is 10.5 Å². The first-order chi connectivity index (χ1) is 9.04. The first kappa shape index (κ1) is 13.1. The molecule has 0 aliphatic carbocycles. The van der Waals surface area contributed by atoms with Gasteiger partial charge < -0.3 is 15.2 Å². The quantitative estimate of drug-likeness (QED) is 0.888. The van der Waals surface area contributed by atoms with E-state index in [1.807, 2.05) is 26.0 Å². The summed E-state index contributed by atoms with van der Waals surface area (Å²) >= 11 is 0. The maximum Gasteiger partial charge on any atom is 0.319 e. The predicted octanol–water partition coefficient (Wildman–Crippen LogP) is 2.57. The van der Waals surface area contributed by atoms with E-state index in [0.717, 1.165) is 5.56 Å². The lowest BCUT2D eigenvalue weighted by Crippen LogP contribution is -2.34. The van der Waals surface area contributed by atoms with E-state index >= 15 is 0 Å². The van der Waals surface area contributed by atoms with Crippen LogP contribution in [-0.4, -0.2) is 22.2 Å². The van der Waals surface area contributed by atoms with Gasteiger partial charge in [0.1, 0.15) is 0 Å². The summed E-state index contributed by atoms with van der Waals surface area (Å²) in [6.45, 7) is 5.53. The molecule has 0 radical (unpaired) electrons. The number of nitrogens with zero attached hydrogens (tertiary/aromatic N) is 2. The molecule has 0 saturated carbocycles. The van der Waals surface area contributed by atoms with E-state index in [1.165, 1.54) is 0 Å². The summed E-state index contributed by atoms with van der Waals surface area (Å²) in [6, 6.07) is 7.13. The highest BCUT2D eigenvalue weighted by molar-refractivity contribution is 5.90. The summed E-state index contributed by atoms with van der Waals surface area (Å²) in [5.41, 5.74) is 1.47. The van der Waals surface area contributed by atoms with Crippen LogP contribution in [0.15, 0.2) is 28.8 Å². The molecule has 19 heavy (non-hydrogen) atoms. The smallest absolute Gasteiger partial charge is 0.319 e. The second-order valence-electron chi connectivity index (χ2n) is 4.47. The van der Waals surface area contributed by atoms with Gasteiger partial charge in [0.2, 0.25) is 11.7 Å². The SMILES string of the molecule is Cc1nc(-c2cccc(NC(=O)NC(C)C)c2)no1. The molecule has 1 heterocycles. The number of rotatable bonds is 3. The molecule has 2 amide bonds. The zero-order valence-corrected chi connectivity index (χ0v) is 11.1. The highest BCUT2D eigenvalue weighted by atomic mass is 16.5. The fraction of sp³-hybridized carbons (Fsp3) is 0.308. The van der Waals surface area contributed by atoms with Crippen molar-refractivity contribution in [3.63, 3.8) is 0 Å². The van der Waals surface area contributed by atoms with Crippen molar-refractivity contribution in [2.75, 3.05) is 5.32 Å². The Balaban J connectivity index is 2.13. The Morgan fingerprint density at radius 3 is 2.79 bits per heavy atom. The Morgan fingerprint density at radius 2 is 2.16 bits per heavy atom. The molecule has 0 saturated heterocycles. The first-order valence-corrected chi connectivity index (χ1v) is 6.03. The Hall–Kier alpha value is -2.37. The Labute approximate surface area is 111 Å². The van der Waals surface area contributed by atoms with Crippen molar-refractivity contribution >= 4 is 11.7 Å². The third-order valence-electron chi connectivity index (χ3n) is 2.33. The first-order valence-electron chi connectivity index (χ1n) is 6.03. The Morgan fingerprint density at radius 1 is 1.37 bits per heavy atom. The summed E-state index contributed by atoms with van der Waals surface area (Å²) in [4.78, 5) is 15.7. The average molecular weight is 260 g/mol. The van der Waals surface area contributed by atoms with Gasteiger partial charge >= 0.3 is 6.03 Å². The lowest BCUT2D eigenvalue weighted by atomic mass is 10.2. The minimum absolute atomic E-state index is 0.0861. The van der Waals surface area contributed by atoms with Crippen LogP contribution in [0, 0.1) is 6.92 Å². The molecule has 0 aliphatic heterocycles. The van der Waals surface area contributed by atoms with Gasteiger partial charge in [-0.2, -0.15) is 4.98 Å². The van der Waals surface area contributed by atoms with Crippen LogP contribution in [0.1, 0.15) is 19.7 Å². The van der Waals surface area contributed by atoms with E-state index in [4.69, 9.17) is 4.52 Å². The summed E-state index contributed by atoms with van der Waals surface area (Å²) in [7, 11) is 0. The standard InChI is InChI=1S/C13H16N4O2/c1-8(2)14-13(18)16-11-6-4-5-10(7-11)12-15-9(3)19-17-12/h4-8H,1-3H3,(H2,14,16,18). The molecule has 0 aliphatic rings. The molecule has 0 unspecified atom stereocenters. The highest BCUT2D eigenvalue weighted by Gasteiger charge is 2.08. The van der Waals surface area contributed by atoms with Gasteiger partial charge in [-0.25, -0.2) is 4.79 Å². The Bertz CT molecular complexity index is 578. The molecule has 100 valence electrons. The number of urea groups is 1. The number of carbonyl (C=O) groups is 1. The molecule has 1 aromatic heterocycles. The van der Waals surface area contributed by atoms with Gasteiger partial charge in [0.15, 0.2) is 0 Å². The summed E-state index contributed by atoms with van der Waals surface area (Å²) < 4.78 is 4.93. The second-order valence-corrected chi connectivity index (χ2v) is 4.47. The molecule has 1 aromatic carbocycles. The van der Waals surface area contributed by atoms with E-state index in [0.29, 0.717) is 17.4 Å². The number of amides is 2. The number of nitrogens with one attached hydrogen (secondary N) is 2. The van der Waals surface area contributed by atoms with Crippen LogP contribution in [0.3, 0.4) is 0 Å². The van der Waals surface area contributed by atoms with Crippen molar-refractivity contribution in [2.24, 2.45) is 0 Å². The van der Waals surface area contributed by atoms with E-state index in [2.05, 4.69) is 20.8 Å². The monoisotopic (exact) mass is 260 g/mol. The van der Waals surface area contributed by atoms with Gasteiger partial charge in [0.25, 0.3) is 0 Å². The van der Waals surface area contributed by atoms with Crippen molar-refractivity contribution in [3.8, 4) is 11.4 Å². The topological polar surface area (TPSA) is 80.0 Å². The zero-order chi connectivity index (χ0) is 13.8. The normalized spacial score (nSPS) is 10.5. The molecular weight excluding hydrogens is 244 g/mol. The molecule has 0 spiro atoms. The van der Waals surface area contributed by atoms with E-state index in [-0.39, 0.29) is 12.1 Å². The highest BCUT2D eigenvalue weighted by Crippen LogP contribution is 2.19. The van der Waals surface area contributed by atoms with Gasteiger partial charge in [0.05, 0.1) is 0 Å². The van der Waals surface area contributed by atoms with Crippen LogP contribution in [0.5, 0.6) is 0 Å². The van der Waals surface area contributed by atoms with Crippen LogP contribution < -0.4 is 10.6 Å². The van der Waals surface area contributed by atoms with Crippen LogP contribution in [0.2, 0.25) is 0 Å². The van der Waals surface area contributed by atoms with Crippen molar-refractivity contribution in [1.82, 2.24) is 15.5 Å². The molecule has 0 bridgehead atoms. The number of hydrogen-bond donors (Lipinski definition) is 2. The molecular formula is C13H16N4O2. The fourth-order valence-electron chi connectivity index (χ4n) is 1.58. The van der Waals surface area contributed by atoms with Crippen molar-refractivity contribution < 1.29 is 9.32 Å². The minimum atomic E-state index is -0.239. The van der Waals surface area contributed by atoms with Gasteiger partial charge in [-0.3, -0.25) is 0 Å². The second kappa shape index (κ2) is 5.51. The average Bonchev–Trinajstić information content (AvgIpc) is 2.75. The predicted molar refractivity (Wildman–Crippen MR) is 71.8 cm³/mol. The molecule has 2 rings (SSSR count). The molecule has 6 nitrogen and oxygen atoms in total. The van der Waals surface area contributed by atoms with Crippen molar-refractivity contribution in [3.05, 3.63) is 30.2 Å². The Kier molecular flexibility index (Phi) is 3.79. The van der Waals surface area contributed by atoms with Gasteiger partial charge in [-0.05, 0) is 26.0 Å². The maximum absolute atomic E-state index is 11.6. The minimum Gasteiger partial charge on any atom is -0.339 e. The third kappa shape index (κ3) is 3.54. The molecule has 0 atom stereocenters. The number of aromatic nitrogens is 2. The van der Waals surface area contributed by atoms with Crippen LogP contribution in [-0.2, 0) is 0 Å². The maximum atomic E-state index is 11.6. The number of hydrogen-bond acceptors (Lipinski definition) is 4. The number of benzene rings is 1. The molecule has 2 aromatic rings. The number of anilines is 1. The van der Waals surface area contributed by atoms with E-state index in [9.17, 15) is 4.79 Å². The van der Waals surface area contributed by atoms with Crippen LogP contribution >= 0.6 is 0 Å². The van der Waals surface area contributed by atoms with Crippen molar-refractivity contribution in [1.29, 1.82) is 0 Å². The number of carbonyl (C=O) groups excluding carboxylic acids is 1. The third-order valence-corrected chi connectivity index (χ3v) is 2.33. The summed E-state index contributed by atoms with van der Waals surface area (Å²) in [5, 5.41) is 9.35. The zero-order valence-electron chi connectivity index (χ0n) is 11.1. The lowest BCUT2D eigenvalue weighted by molar-refractivity contribution is 0.250. The number of aryl methyl sites for hydroxylation is 1. The van der Waals surface area contributed by atoms with E-state index in [1.54, 1.807) is 19.1 Å². The summed E-state index contributed by atoms with van der Waals surface area (Å²) in [5.74, 6) is 1.01.